The summed E-state index contributed by atoms with van der Waals surface area (Å²) >= 11 is 5.79. The summed E-state index contributed by atoms with van der Waals surface area (Å²) in [5.41, 5.74) is -0.985. The normalized spacial score (nSPS) is 19.0. The summed E-state index contributed by atoms with van der Waals surface area (Å²) in [5, 5.41) is 13.4. The van der Waals surface area contributed by atoms with Gasteiger partial charge in [0.1, 0.15) is 5.82 Å². The molecule has 2 N–H and O–H groups in total. The first kappa shape index (κ1) is 23.2. The maximum Gasteiger partial charge on any atom is 0.268 e. The third-order valence-corrected chi connectivity index (χ3v) is 6.97. The molecule has 1 saturated heterocycles. The van der Waals surface area contributed by atoms with Crippen molar-refractivity contribution in [1.29, 1.82) is 0 Å². The van der Waals surface area contributed by atoms with Gasteiger partial charge in [0.25, 0.3) is 11.8 Å². The van der Waals surface area contributed by atoms with Crippen LogP contribution in [0.2, 0.25) is 5.02 Å². The van der Waals surface area contributed by atoms with Crippen molar-refractivity contribution in [2.24, 2.45) is 0 Å². The molecular weight excluding hydrogens is 447 g/mol. The summed E-state index contributed by atoms with van der Waals surface area (Å²) in [6, 6.07) is 10.2. The predicted molar refractivity (Wildman–Crippen MR) is 115 cm³/mol. The SMILES string of the molecule is CCS(=O)(=O)Cc1cccc(N2CC[C@](O)(C(=O)NCc3cc(F)cc(Cl)c3)C2=O)c1. The fraction of sp³-hybridized carbons (Fsp3) is 0.333. The molecule has 0 radical (unpaired) electrons. The Balaban J connectivity index is 1.72. The molecule has 2 amide bonds. The minimum absolute atomic E-state index is 0.00365. The number of carbonyl (C=O) groups excluding carboxylic acids is 2. The van der Waals surface area contributed by atoms with Crippen LogP contribution in [-0.4, -0.2) is 43.2 Å². The van der Waals surface area contributed by atoms with Gasteiger partial charge in [-0.15, -0.1) is 0 Å². The minimum atomic E-state index is -3.26. The lowest BCUT2D eigenvalue weighted by atomic mass is 10.0. The molecule has 2 aromatic carbocycles. The van der Waals surface area contributed by atoms with Crippen LogP contribution in [-0.2, 0) is 31.7 Å². The molecule has 31 heavy (non-hydrogen) atoms. The highest BCUT2D eigenvalue weighted by Crippen LogP contribution is 2.29. The third-order valence-electron chi connectivity index (χ3n) is 5.10. The van der Waals surface area contributed by atoms with E-state index in [1.807, 2.05) is 0 Å². The summed E-state index contributed by atoms with van der Waals surface area (Å²) in [6.07, 6.45) is -0.140. The van der Waals surface area contributed by atoms with Crippen LogP contribution in [0.3, 0.4) is 0 Å². The summed E-state index contributed by atoms with van der Waals surface area (Å²) < 4.78 is 37.2. The van der Waals surface area contributed by atoms with Gasteiger partial charge in [-0.1, -0.05) is 30.7 Å². The van der Waals surface area contributed by atoms with Crippen molar-refractivity contribution in [3.8, 4) is 0 Å². The highest BCUT2D eigenvalue weighted by atomic mass is 35.5. The lowest BCUT2D eigenvalue weighted by Crippen LogP contribution is -2.52. The molecule has 1 fully saturated rings. The van der Waals surface area contributed by atoms with E-state index < -0.39 is 33.1 Å². The maximum absolute atomic E-state index is 13.4. The van der Waals surface area contributed by atoms with Gasteiger partial charge in [0.2, 0.25) is 5.60 Å². The molecule has 1 aliphatic rings. The predicted octanol–water partition coefficient (Wildman–Crippen LogP) is 2.20. The molecule has 1 heterocycles. The fourth-order valence-electron chi connectivity index (χ4n) is 3.37. The van der Waals surface area contributed by atoms with E-state index in [2.05, 4.69) is 5.32 Å². The van der Waals surface area contributed by atoms with E-state index in [9.17, 15) is 27.5 Å². The number of nitrogens with one attached hydrogen (secondary N) is 1. The Hall–Kier alpha value is -2.49. The Bertz CT molecular complexity index is 1100. The number of benzene rings is 2. The number of sulfone groups is 1. The third kappa shape index (κ3) is 5.23. The number of nitrogens with zero attached hydrogens (tertiary/aromatic N) is 1. The molecule has 0 aliphatic carbocycles. The van der Waals surface area contributed by atoms with Crippen LogP contribution in [0.15, 0.2) is 42.5 Å². The second-order valence-corrected chi connectivity index (χ2v) is 10.2. The number of halogens is 2. The molecule has 3 rings (SSSR count). The lowest BCUT2D eigenvalue weighted by molar-refractivity contribution is -0.149. The highest BCUT2D eigenvalue weighted by molar-refractivity contribution is 7.90. The Morgan fingerprint density at radius 3 is 2.68 bits per heavy atom. The average molecular weight is 469 g/mol. The first-order chi connectivity index (χ1) is 14.5. The van der Waals surface area contributed by atoms with E-state index in [4.69, 9.17) is 11.6 Å². The van der Waals surface area contributed by atoms with Crippen molar-refractivity contribution in [2.45, 2.75) is 31.2 Å². The van der Waals surface area contributed by atoms with Gasteiger partial charge < -0.3 is 15.3 Å². The summed E-state index contributed by atoms with van der Waals surface area (Å²) in [4.78, 5) is 26.7. The van der Waals surface area contributed by atoms with Gasteiger partial charge in [-0.05, 0) is 41.5 Å². The monoisotopic (exact) mass is 468 g/mol. The quantitative estimate of drug-likeness (QED) is 0.606. The summed E-state index contributed by atoms with van der Waals surface area (Å²) in [6.45, 7) is 1.52. The molecule has 0 aromatic heterocycles. The van der Waals surface area contributed by atoms with Crippen molar-refractivity contribution in [2.75, 3.05) is 17.2 Å². The van der Waals surface area contributed by atoms with E-state index in [1.54, 1.807) is 31.2 Å². The molecule has 1 atom stereocenters. The second-order valence-electron chi connectivity index (χ2n) is 7.37. The van der Waals surface area contributed by atoms with Gasteiger partial charge >= 0.3 is 0 Å². The molecule has 1 aliphatic heterocycles. The van der Waals surface area contributed by atoms with Gasteiger partial charge in [0, 0.05) is 36.0 Å². The molecule has 0 bridgehead atoms. The van der Waals surface area contributed by atoms with Crippen molar-refractivity contribution in [3.63, 3.8) is 0 Å². The number of hydrogen-bond acceptors (Lipinski definition) is 5. The van der Waals surface area contributed by atoms with Crippen LogP contribution >= 0.6 is 11.6 Å². The zero-order valence-corrected chi connectivity index (χ0v) is 18.3. The smallest absolute Gasteiger partial charge is 0.268 e. The summed E-state index contributed by atoms with van der Waals surface area (Å²) in [7, 11) is -3.26. The van der Waals surface area contributed by atoms with Crippen LogP contribution in [0.4, 0.5) is 10.1 Å². The van der Waals surface area contributed by atoms with Crippen molar-refractivity contribution >= 4 is 38.9 Å². The maximum atomic E-state index is 13.4. The minimum Gasteiger partial charge on any atom is -0.372 e. The number of amides is 2. The van der Waals surface area contributed by atoms with Gasteiger partial charge in [-0.25, -0.2) is 12.8 Å². The molecular formula is C21H22ClFN2O5S. The van der Waals surface area contributed by atoms with E-state index in [0.29, 0.717) is 16.8 Å². The lowest BCUT2D eigenvalue weighted by Gasteiger charge is -2.22. The first-order valence-electron chi connectivity index (χ1n) is 9.61. The number of carbonyl (C=O) groups is 2. The average Bonchev–Trinajstić information content (AvgIpc) is 3.01. The van der Waals surface area contributed by atoms with Crippen LogP contribution < -0.4 is 10.2 Å². The molecule has 7 nitrogen and oxygen atoms in total. The standard InChI is InChI=1S/C21H22ClFN2O5S/c1-2-31(29,30)13-14-4-3-5-18(10-14)25-7-6-21(28,20(25)27)19(26)24-12-15-8-16(22)11-17(23)9-15/h3-5,8-11,28H,2,6-7,12-13H2,1H3,(H,24,26)/t21-/m0/s1. The molecule has 0 spiro atoms. The molecule has 166 valence electrons. The number of aliphatic hydroxyl groups is 1. The molecule has 0 unspecified atom stereocenters. The number of rotatable bonds is 7. The second kappa shape index (κ2) is 8.94. The molecule has 2 aromatic rings. The van der Waals surface area contributed by atoms with Crippen LogP contribution in [0, 0.1) is 5.82 Å². The van der Waals surface area contributed by atoms with Crippen molar-refractivity contribution in [1.82, 2.24) is 5.32 Å². The van der Waals surface area contributed by atoms with Crippen molar-refractivity contribution in [3.05, 3.63) is 64.4 Å². The Morgan fingerprint density at radius 2 is 2.00 bits per heavy atom. The van der Waals surface area contributed by atoms with Crippen LogP contribution in [0.25, 0.3) is 0 Å². The zero-order chi connectivity index (χ0) is 22.8. The molecule has 10 heteroatoms. The van der Waals surface area contributed by atoms with Gasteiger partial charge in [0.15, 0.2) is 9.84 Å². The molecule has 0 saturated carbocycles. The van der Waals surface area contributed by atoms with E-state index >= 15 is 0 Å². The van der Waals surface area contributed by atoms with Crippen molar-refractivity contribution < 1.29 is 27.5 Å². The topological polar surface area (TPSA) is 104 Å². The first-order valence-corrected chi connectivity index (χ1v) is 11.8. The highest BCUT2D eigenvalue weighted by Gasteiger charge is 2.51. The zero-order valence-electron chi connectivity index (χ0n) is 16.8. The fourth-order valence-corrected chi connectivity index (χ4v) is 4.51. The van der Waals surface area contributed by atoms with E-state index in [-0.39, 0.29) is 36.0 Å². The van der Waals surface area contributed by atoms with Gasteiger partial charge in [-0.3, -0.25) is 9.59 Å². The van der Waals surface area contributed by atoms with E-state index in [1.165, 1.54) is 17.0 Å². The Morgan fingerprint density at radius 1 is 1.26 bits per heavy atom. The largest absolute Gasteiger partial charge is 0.372 e. The number of anilines is 1. The van der Waals surface area contributed by atoms with Crippen LogP contribution in [0.5, 0.6) is 0 Å². The summed E-state index contributed by atoms with van der Waals surface area (Å²) in [5.74, 6) is -2.44. The van der Waals surface area contributed by atoms with Gasteiger partial charge in [0.05, 0.1) is 5.75 Å². The van der Waals surface area contributed by atoms with Crippen LogP contribution in [0.1, 0.15) is 24.5 Å². The van der Waals surface area contributed by atoms with E-state index in [0.717, 1.165) is 6.07 Å². The number of hydrogen-bond donors (Lipinski definition) is 2. The Labute approximate surface area is 184 Å². The Kier molecular flexibility index (Phi) is 6.68. The van der Waals surface area contributed by atoms with Gasteiger partial charge in [-0.2, -0.15) is 0 Å².